The molecular formula is C17H11FN2S. The number of fused-ring (bicyclic) bond motifs is 1. The van der Waals surface area contributed by atoms with Crippen LogP contribution in [-0.4, -0.2) is 9.38 Å². The van der Waals surface area contributed by atoms with Crippen LogP contribution in [0.3, 0.4) is 0 Å². The van der Waals surface area contributed by atoms with Crippen molar-refractivity contribution in [3.05, 3.63) is 72.0 Å². The first-order valence-corrected chi connectivity index (χ1v) is 7.48. The Morgan fingerprint density at radius 1 is 0.952 bits per heavy atom. The quantitative estimate of drug-likeness (QED) is 0.515. The first-order chi connectivity index (χ1) is 10.3. The highest BCUT2D eigenvalue weighted by Gasteiger charge is 2.13. The normalized spacial score (nSPS) is 11.1. The lowest BCUT2D eigenvalue weighted by molar-refractivity contribution is 0.630. The van der Waals surface area contributed by atoms with E-state index in [1.54, 1.807) is 12.1 Å². The maximum atomic E-state index is 14.0. The van der Waals surface area contributed by atoms with E-state index in [1.165, 1.54) is 17.4 Å². The molecule has 0 radical (unpaired) electrons. The molecule has 4 rings (SSSR count). The standard InChI is InChI=1S/C17H11FN2S/c18-14-9-5-4-8-13(14)16-11-21-17-19-15(10-20(16)17)12-6-2-1-3-7-12/h1-11H. The summed E-state index contributed by atoms with van der Waals surface area (Å²) in [5.41, 5.74) is 3.40. The number of rotatable bonds is 2. The zero-order valence-corrected chi connectivity index (χ0v) is 11.8. The van der Waals surface area contributed by atoms with Gasteiger partial charge >= 0.3 is 0 Å². The third kappa shape index (κ3) is 2.04. The van der Waals surface area contributed by atoms with Crippen LogP contribution in [0.5, 0.6) is 0 Å². The third-order valence-electron chi connectivity index (χ3n) is 3.43. The zero-order valence-electron chi connectivity index (χ0n) is 11.0. The van der Waals surface area contributed by atoms with Crippen LogP contribution in [0.2, 0.25) is 0 Å². The fourth-order valence-corrected chi connectivity index (χ4v) is 3.27. The molecule has 0 unspecified atom stereocenters. The van der Waals surface area contributed by atoms with Crippen molar-refractivity contribution >= 4 is 16.3 Å². The maximum Gasteiger partial charge on any atom is 0.194 e. The van der Waals surface area contributed by atoms with Crippen LogP contribution in [0.15, 0.2) is 66.2 Å². The van der Waals surface area contributed by atoms with Gasteiger partial charge in [-0.1, -0.05) is 42.5 Å². The molecule has 0 saturated heterocycles. The molecule has 0 aliphatic carbocycles. The number of aromatic nitrogens is 2. The van der Waals surface area contributed by atoms with Crippen LogP contribution in [0, 0.1) is 5.82 Å². The van der Waals surface area contributed by atoms with E-state index < -0.39 is 0 Å². The summed E-state index contributed by atoms with van der Waals surface area (Å²) < 4.78 is 15.9. The molecule has 0 amide bonds. The predicted octanol–water partition coefficient (Wildman–Crippen LogP) is 4.87. The second-order valence-electron chi connectivity index (χ2n) is 4.75. The number of nitrogens with zero attached hydrogens (tertiary/aromatic N) is 2. The lowest BCUT2D eigenvalue weighted by atomic mass is 10.1. The number of hydrogen-bond donors (Lipinski definition) is 0. The molecule has 2 heterocycles. The summed E-state index contributed by atoms with van der Waals surface area (Å²) in [5.74, 6) is -0.216. The Morgan fingerprint density at radius 2 is 1.71 bits per heavy atom. The Bertz CT molecular complexity index is 909. The van der Waals surface area contributed by atoms with E-state index in [0.717, 1.165) is 21.9 Å². The average molecular weight is 294 g/mol. The SMILES string of the molecule is Fc1ccccc1-c1csc2nc(-c3ccccc3)cn12. The van der Waals surface area contributed by atoms with E-state index in [9.17, 15) is 4.39 Å². The average Bonchev–Trinajstić information content (AvgIpc) is 3.09. The van der Waals surface area contributed by atoms with Crippen molar-refractivity contribution in [1.29, 1.82) is 0 Å². The van der Waals surface area contributed by atoms with Gasteiger partial charge in [0.15, 0.2) is 4.96 Å². The smallest absolute Gasteiger partial charge is 0.194 e. The number of thiazole rings is 1. The van der Waals surface area contributed by atoms with Gasteiger partial charge < -0.3 is 0 Å². The molecule has 0 bridgehead atoms. The van der Waals surface area contributed by atoms with Gasteiger partial charge in [-0.05, 0) is 12.1 Å². The van der Waals surface area contributed by atoms with E-state index in [4.69, 9.17) is 0 Å². The van der Waals surface area contributed by atoms with Gasteiger partial charge in [-0.15, -0.1) is 11.3 Å². The summed E-state index contributed by atoms with van der Waals surface area (Å²) in [6, 6.07) is 16.8. The van der Waals surface area contributed by atoms with E-state index >= 15 is 0 Å². The van der Waals surface area contributed by atoms with Crippen molar-refractivity contribution in [1.82, 2.24) is 9.38 Å². The van der Waals surface area contributed by atoms with Gasteiger partial charge in [0.25, 0.3) is 0 Å². The van der Waals surface area contributed by atoms with Crippen LogP contribution in [0.25, 0.3) is 27.5 Å². The molecule has 102 valence electrons. The molecule has 0 aliphatic rings. The first kappa shape index (κ1) is 12.3. The number of benzene rings is 2. The number of imidazole rings is 1. The molecule has 2 aromatic heterocycles. The van der Waals surface area contributed by atoms with Crippen molar-refractivity contribution in [2.45, 2.75) is 0 Å². The summed E-state index contributed by atoms with van der Waals surface area (Å²) in [7, 11) is 0. The molecule has 0 saturated carbocycles. The van der Waals surface area contributed by atoms with E-state index in [0.29, 0.717) is 5.56 Å². The van der Waals surface area contributed by atoms with Crippen molar-refractivity contribution in [2.75, 3.05) is 0 Å². The zero-order chi connectivity index (χ0) is 14.2. The van der Waals surface area contributed by atoms with Gasteiger partial charge in [0.1, 0.15) is 5.82 Å². The number of halogens is 1. The maximum absolute atomic E-state index is 14.0. The monoisotopic (exact) mass is 294 g/mol. The van der Waals surface area contributed by atoms with Gasteiger partial charge in [0.2, 0.25) is 0 Å². The molecule has 0 spiro atoms. The van der Waals surface area contributed by atoms with Crippen LogP contribution in [0.4, 0.5) is 4.39 Å². The summed E-state index contributed by atoms with van der Waals surface area (Å²) in [4.78, 5) is 5.49. The lowest BCUT2D eigenvalue weighted by Crippen LogP contribution is -1.87. The van der Waals surface area contributed by atoms with E-state index in [2.05, 4.69) is 4.98 Å². The Balaban J connectivity index is 1.90. The molecule has 0 atom stereocenters. The highest BCUT2D eigenvalue weighted by Crippen LogP contribution is 2.30. The summed E-state index contributed by atoms with van der Waals surface area (Å²) >= 11 is 1.52. The largest absolute Gasteiger partial charge is 0.290 e. The lowest BCUT2D eigenvalue weighted by Gasteiger charge is -2.01. The molecule has 2 nitrogen and oxygen atoms in total. The second kappa shape index (κ2) is 4.82. The van der Waals surface area contributed by atoms with Gasteiger partial charge in [-0.25, -0.2) is 9.37 Å². The summed E-state index contributed by atoms with van der Waals surface area (Å²) in [5, 5.41) is 1.94. The van der Waals surface area contributed by atoms with Gasteiger partial charge in [0.05, 0.1) is 11.4 Å². The topological polar surface area (TPSA) is 17.3 Å². The van der Waals surface area contributed by atoms with Crippen LogP contribution in [0.1, 0.15) is 0 Å². The Labute approximate surface area is 125 Å². The second-order valence-corrected chi connectivity index (χ2v) is 5.58. The van der Waals surface area contributed by atoms with E-state index in [-0.39, 0.29) is 5.82 Å². The van der Waals surface area contributed by atoms with Crippen molar-refractivity contribution in [3.63, 3.8) is 0 Å². The Hall–Kier alpha value is -2.46. The van der Waals surface area contributed by atoms with Gasteiger partial charge in [0, 0.05) is 22.7 Å². The fourth-order valence-electron chi connectivity index (χ4n) is 2.39. The Kier molecular flexibility index (Phi) is 2.82. The van der Waals surface area contributed by atoms with Gasteiger partial charge in [-0.2, -0.15) is 0 Å². The summed E-state index contributed by atoms with van der Waals surface area (Å²) in [6.07, 6.45) is 1.96. The number of hydrogen-bond acceptors (Lipinski definition) is 2. The van der Waals surface area contributed by atoms with Crippen LogP contribution >= 0.6 is 11.3 Å². The predicted molar refractivity (Wildman–Crippen MR) is 83.9 cm³/mol. The van der Waals surface area contributed by atoms with Crippen LogP contribution < -0.4 is 0 Å². The summed E-state index contributed by atoms with van der Waals surface area (Å²) in [6.45, 7) is 0. The minimum atomic E-state index is -0.216. The molecular weight excluding hydrogens is 283 g/mol. The molecule has 0 fully saturated rings. The van der Waals surface area contributed by atoms with E-state index in [1.807, 2.05) is 52.4 Å². The minimum Gasteiger partial charge on any atom is -0.290 e. The first-order valence-electron chi connectivity index (χ1n) is 6.60. The molecule has 21 heavy (non-hydrogen) atoms. The van der Waals surface area contributed by atoms with Crippen molar-refractivity contribution < 1.29 is 4.39 Å². The molecule has 0 N–H and O–H groups in total. The minimum absolute atomic E-state index is 0.216. The highest BCUT2D eigenvalue weighted by atomic mass is 32.1. The molecule has 4 heteroatoms. The molecule has 0 aliphatic heterocycles. The highest BCUT2D eigenvalue weighted by molar-refractivity contribution is 7.15. The molecule has 4 aromatic rings. The van der Waals surface area contributed by atoms with Crippen LogP contribution in [-0.2, 0) is 0 Å². The van der Waals surface area contributed by atoms with Gasteiger partial charge in [-0.3, -0.25) is 4.40 Å². The third-order valence-corrected chi connectivity index (χ3v) is 4.27. The van der Waals surface area contributed by atoms with Crippen molar-refractivity contribution in [3.8, 4) is 22.5 Å². The fraction of sp³-hybridized carbons (Fsp3) is 0. The Morgan fingerprint density at radius 3 is 2.52 bits per heavy atom. The van der Waals surface area contributed by atoms with Crippen molar-refractivity contribution in [2.24, 2.45) is 0 Å². The molecule has 2 aromatic carbocycles.